The van der Waals surface area contributed by atoms with Gasteiger partial charge in [0, 0.05) is 44.7 Å². The summed E-state index contributed by atoms with van der Waals surface area (Å²) in [4.78, 5) is 14.3. The van der Waals surface area contributed by atoms with E-state index in [9.17, 15) is 13.6 Å². The summed E-state index contributed by atoms with van der Waals surface area (Å²) in [5.41, 5.74) is -1.14. The molecular formula is C17H22ClF2N3O2. The van der Waals surface area contributed by atoms with Gasteiger partial charge in [-0.2, -0.15) is 0 Å². The fourth-order valence-electron chi connectivity index (χ4n) is 3.27. The maximum Gasteiger partial charge on any atom is 0.237 e. The minimum Gasteiger partial charge on any atom is -0.379 e. The molecule has 138 valence electrons. The lowest BCUT2D eigenvalue weighted by molar-refractivity contribution is -0.123. The van der Waals surface area contributed by atoms with E-state index in [1.165, 1.54) is 6.07 Å². The Balaban J connectivity index is 1.50. The third kappa shape index (κ3) is 4.67. The normalized spacial score (nSPS) is 27.4. The summed E-state index contributed by atoms with van der Waals surface area (Å²) in [6.45, 7) is 3.07. The molecule has 25 heavy (non-hydrogen) atoms. The molecule has 2 N–H and O–H groups in total. The molecule has 3 rings (SSSR count). The van der Waals surface area contributed by atoms with Crippen LogP contribution in [0.3, 0.4) is 0 Å². The lowest BCUT2D eigenvalue weighted by Crippen LogP contribution is -2.46. The minimum absolute atomic E-state index is 0.0130. The van der Waals surface area contributed by atoms with Crippen molar-refractivity contribution in [3.05, 3.63) is 34.6 Å². The van der Waals surface area contributed by atoms with Gasteiger partial charge in [-0.3, -0.25) is 9.69 Å². The third-order valence-corrected chi connectivity index (χ3v) is 4.94. The molecular weight excluding hydrogens is 352 g/mol. The number of hydrogen-bond acceptors (Lipinski definition) is 4. The number of halogens is 3. The van der Waals surface area contributed by atoms with Crippen LogP contribution in [0, 0.1) is 5.82 Å². The van der Waals surface area contributed by atoms with Crippen LogP contribution in [-0.4, -0.2) is 61.9 Å². The summed E-state index contributed by atoms with van der Waals surface area (Å²) in [5.74, 6) is -0.878. The number of ether oxygens (including phenoxy) is 1. The summed E-state index contributed by atoms with van der Waals surface area (Å²) in [7, 11) is 0. The van der Waals surface area contributed by atoms with Crippen LogP contribution >= 0.6 is 11.6 Å². The van der Waals surface area contributed by atoms with E-state index in [1.54, 1.807) is 12.1 Å². The van der Waals surface area contributed by atoms with Crippen LogP contribution < -0.4 is 10.6 Å². The summed E-state index contributed by atoms with van der Waals surface area (Å²) < 4.78 is 34.1. The Morgan fingerprint density at radius 3 is 2.96 bits per heavy atom. The van der Waals surface area contributed by atoms with Gasteiger partial charge in [0.05, 0.1) is 24.3 Å². The standard InChI is InChI=1S/C17H22ClF2N3O2/c18-13-3-1-2-12(15(13)19)9-21-16(24)14-8-17(20,10-22-14)11-23-4-6-25-7-5-23/h1-3,14,22H,4-11H2,(H,21,24)/t14-,17+/m0/s1. The summed E-state index contributed by atoms with van der Waals surface area (Å²) in [6.07, 6.45) is 0.105. The minimum atomic E-state index is -1.44. The van der Waals surface area contributed by atoms with Crippen molar-refractivity contribution in [2.45, 2.75) is 24.7 Å². The first-order valence-electron chi connectivity index (χ1n) is 8.40. The molecule has 0 bridgehead atoms. The van der Waals surface area contributed by atoms with Crippen molar-refractivity contribution in [2.75, 3.05) is 39.4 Å². The fourth-order valence-corrected chi connectivity index (χ4v) is 3.47. The molecule has 0 unspecified atom stereocenters. The second-order valence-corrected chi connectivity index (χ2v) is 7.01. The number of nitrogens with one attached hydrogen (secondary N) is 2. The van der Waals surface area contributed by atoms with E-state index in [4.69, 9.17) is 16.3 Å². The molecule has 5 nitrogen and oxygen atoms in total. The van der Waals surface area contributed by atoms with Crippen LogP contribution in [0.1, 0.15) is 12.0 Å². The Bertz CT molecular complexity index is 628. The van der Waals surface area contributed by atoms with Crippen molar-refractivity contribution in [1.29, 1.82) is 0 Å². The van der Waals surface area contributed by atoms with Crippen molar-refractivity contribution in [2.24, 2.45) is 0 Å². The predicted molar refractivity (Wildman–Crippen MR) is 90.8 cm³/mol. The maximum absolute atomic E-state index is 15.0. The lowest BCUT2D eigenvalue weighted by atomic mass is 10.0. The van der Waals surface area contributed by atoms with Gasteiger partial charge in [0.2, 0.25) is 5.91 Å². The zero-order chi connectivity index (χ0) is 17.9. The largest absolute Gasteiger partial charge is 0.379 e. The fraction of sp³-hybridized carbons (Fsp3) is 0.588. The molecule has 2 heterocycles. The SMILES string of the molecule is O=C(NCc1cccc(Cl)c1F)[C@@H]1C[C@](F)(CN2CCOCC2)CN1. The summed E-state index contributed by atoms with van der Waals surface area (Å²) in [5, 5.41) is 5.60. The van der Waals surface area contributed by atoms with Crippen molar-refractivity contribution in [3.63, 3.8) is 0 Å². The molecule has 0 aromatic heterocycles. The Hall–Kier alpha value is -1.28. The van der Waals surface area contributed by atoms with Gasteiger partial charge >= 0.3 is 0 Å². The van der Waals surface area contributed by atoms with E-state index in [0.29, 0.717) is 31.9 Å². The van der Waals surface area contributed by atoms with Crippen LogP contribution in [0.25, 0.3) is 0 Å². The molecule has 1 aromatic carbocycles. The van der Waals surface area contributed by atoms with Crippen LogP contribution in [0.15, 0.2) is 18.2 Å². The van der Waals surface area contributed by atoms with E-state index in [-0.39, 0.29) is 37.0 Å². The highest BCUT2D eigenvalue weighted by atomic mass is 35.5. The van der Waals surface area contributed by atoms with Crippen molar-refractivity contribution in [1.82, 2.24) is 15.5 Å². The number of hydrogen-bond donors (Lipinski definition) is 2. The first-order valence-corrected chi connectivity index (χ1v) is 8.78. The van der Waals surface area contributed by atoms with Gasteiger partial charge in [0.1, 0.15) is 11.5 Å². The van der Waals surface area contributed by atoms with E-state index < -0.39 is 17.5 Å². The number of nitrogens with zero attached hydrogens (tertiary/aromatic N) is 1. The zero-order valence-corrected chi connectivity index (χ0v) is 14.6. The van der Waals surface area contributed by atoms with Gasteiger partial charge < -0.3 is 15.4 Å². The molecule has 0 spiro atoms. The van der Waals surface area contributed by atoms with Gasteiger partial charge in [0.25, 0.3) is 0 Å². The molecule has 2 aliphatic rings. The Morgan fingerprint density at radius 2 is 2.20 bits per heavy atom. The van der Waals surface area contributed by atoms with E-state index >= 15 is 0 Å². The quantitative estimate of drug-likeness (QED) is 0.821. The van der Waals surface area contributed by atoms with Crippen molar-refractivity contribution >= 4 is 17.5 Å². The van der Waals surface area contributed by atoms with Crippen LogP contribution in [-0.2, 0) is 16.1 Å². The number of benzene rings is 1. The van der Waals surface area contributed by atoms with Gasteiger partial charge in [-0.25, -0.2) is 8.78 Å². The molecule has 0 saturated carbocycles. The van der Waals surface area contributed by atoms with Gasteiger partial charge in [0.15, 0.2) is 0 Å². The smallest absolute Gasteiger partial charge is 0.237 e. The monoisotopic (exact) mass is 373 g/mol. The number of amides is 1. The molecule has 2 fully saturated rings. The first kappa shape index (κ1) is 18.5. The third-order valence-electron chi connectivity index (χ3n) is 4.65. The first-order chi connectivity index (χ1) is 12.0. The summed E-state index contributed by atoms with van der Waals surface area (Å²) >= 11 is 5.72. The van der Waals surface area contributed by atoms with E-state index in [0.717, 1.165) is 0 Å². The molecule has 8 heteroatoms. The highest BCUT2D eigenvalue weighted by Crippen LogP contribution is 2.26. The van der Waals surface area contributed by atoms with Crippen LogP contribution in [0.5, 0.6) is 0 Å². The van der Waals surface area contributed by atoms with E-state index in [1.807, 2.05) is 4.90 Å². The second kappa shape index (κ2) is 7.95. The number of rotatable bonds is 5. The number of morpholine rings is 1. The lowest BCUT2D eigenvalue weighted by Gasteiger charge is -2.31. The van der Waals surface area contributed by atoms with Gasteiger partial charge in [-0.1, -0.05) is 23.7 Å². The molecule has 2 aliphatic heterocycles. The molecule has 1 amide bonds. The zero-order valence-electron chi connectivity index (χ0n) is 13.9. The summed E-state index contributed by atoms with van der Waals surface area (Å²) in [6, 6.07) is 4.01. The Morgan fingerprint density at radius 1 is 1.44 bits per heavy atom. The maximum atomic E-state index is 15.0. The average molecular weight is 374 g/mol. The molecule has 1 aromatic rings. The number of alkyl halides is 1. The average Bonchev–Trinajstić information content (AvgIpc) is 2.99. The number of carbonyl (C=O) groups excluding carboxylic acids is 1. The van der Waals surface area contributed by atoms with Crippen LogP contribution in [0.4, 0.5) is 8.78 Å². The van der Waals surface area contributed by atoms with Gasteiger partial charge in [-0.15, -0.1) is 0 Å². The molecule has 0 aliphatic carbocycles. The topological polar surface area (TPSA) is 53.6 Å². The van der Waals surface area contributed by atoms with Crippen molar-refractivity contribution in [3.8, 4) is 0 Å². The Labute approximate surface area is 150 Å². The van der Waals surface area contributed by atoms with E-state index in [2.05, 4.69) is 10.6 Å². The second-order valence-electron chi connectivity index (χ2n) is 6.61. The predicted octanol–water partition coefficient (Wildman–Crippen LogP) is 1.50. The highest BCUT2D eigenvalue weighted by molar-refractivity contribution is 6.30. The molecule has 2 saturated heterocycles. The van der Waals surface area contributed by atoms with Crippen LogP contribution in [0.2, 0.25) is 5.02 Å². The van der Waals surface area contributed by atoms with Crippen molar-refractivity contribution < 1.29 is 18.3 Å². The van der Waals surface area contributed by atoms with Gasteiger partial charge in [-0.05, 0) is 6.07 Å². The Kier molecular flexibility index (Phi) is 5.89. The molecule has 2 atom stereocenters. The molecule has 0 radical (unpaired) electrons. The highest BCUT2D eigenvalue weighted by Gasteiger charge is 2.43. The number of carbonyl (C=O) groups is 1.